The molecule has 2 N–H and O–H groups in total. The Morgan fingerprint density at radius 2 is 2.12 bits per heavy atom. The second-order valence-corrected chi connectivity index (χ2v) is 7.23. The van der Waals surface area contributed by atoms with Crippen molar-refractivity contribution >= 4 is 35.6 Å². The number of guanidine groups is 1. The van der Waals surface area contributed by atoms with Crippen molar-refractivity contribution < 1.29 is 0 Å². The Morgan fingerprint density at radius 3 is 2.73 bits per heavy atom. The lowest BCUT2D eigenvalue weighted by Crippen LogP contribution is -2.40. The van der Waals surface area contributed by atoms with Gasteiger partial charge in [-0.1, -0.05) is 19.4 Å². The molecule has 1 saturated carbocycles. The van der Waals surface area contributed by atoms with Gasteiger partial charge in [-0.3, -0.25) is 4.99 Å². The van der Waals surface area contributed by atoms with Gasteiger partial charge in [0.05, 0.1) is 5.69 Å². The minimum absolute atomic E-state index is 0. The molecule has 2 heterocycles. The Labute approximate surface area is 174 Å². The van der Waals surface area contributed by atoms with Crippen molar-refractivity contribution in [3.05, 3.63) is 35.8 Å². The van der Waals surface area contributed by atoms with E-state index in [0.717, 1.165) is 43.4 Å². The molecule has 0 bridgehead atoms. The number of nitrogens with zero attached hydrogens (tertiary/aromatic N) is 3. The minimum atomic E-state index is 0. The number of pyridine rings is 1. The standard InChI is InChI=1S/C20H31N5.HI/c1-4-20(10-7-11-20)15-23-19(21-5-2)22-12-9-17-14-25-13-6-8-16(3)18(25)24-17;/h6,8,13-14H,4-5,7,9-12,15H2,1-3H3,(H2,21,22,23);1H. The first-order valence-corrected chi connectivity index (χ1v) is 9.61. The molecular formula is C20H32IN5. The second-order valence-electron chi connectivity index (χ2n) is 7.23. The summed E-state index contributed by atoms with van der Waals surface area (Å²) >= 11 is 0. The van der Waals surface area contributed by atoms with E-state index >= 15 is 0 Å². The first-order chi connectivity index (χ1) is 12.2. The van der Waals surface area contributed by atoms with Gasteiger partial charge in [-0.25, -0.2) is 4.98 Å². The summed E-state index contributed by atoms with van der Waals surface area (Å²) in [6.45, 7) is 9.17. The van der Waals surface area contributed by atoms with Crippen molar-refractivity contribution in [2.75, 3.05) is 19.6 Å². The number of hydrogen-bond donors (Lipinski definition) is 2. The lowest BCUT2D eigenvalue weighted by Gasteiger charge is -2.40. The third-order valence-corrected chi connectivity index (χ3v) is 5.48. The van der Waals surface area contributed by atoms with Gasteiger partial charge in [0.2, 0.25) is 0 Å². The van der Waals surface area contributed by atoms with Crippen LogP contribution in [-0.4, -0.2) is 35.0 Å². The van der Waals surface area contributed by atoms with E-state index < -0.39 is 0 Å². The Hall–Kier alpha value is -1.31. The van der Waals surface area contributed by atoms with Crippen LogP contribution in [0.4, 0.5) is 0 Å². The molecule has 2 aromatic rings. The summed E-state index contributed by atoms with van der Waals surface area (Å²) in [5.41, 5.74) is 3.83. The summed E-state index contributed by atoms with van der Waals surface area (Å²) in [7, 11) is 0. The van der Waals surface area contributed by atoms with E-state index in [4.69, 9.17) is 9.98 Å². The number of fused-ring (bicyclic) bond motifs is 1. The lowest BCUT2D eigenvalue weighted by molar-refractivity contribution is 0.139. The molecular weight excluding hydrogens is 437 g/mol. The van der Waals surface area contributed by atoms with Crippen molar-refractivity contribution in [1.29, 1.82) is 0 Å². The summed E-state index contributed by atoms with van der Waals surface area (Å²) < 4.78 is 2.10. The van der Waals surface area contributed by atoms with Crippen LogP contribution in [0.15, 0.2) is 29.5 Å². The van der Waals surface area contributed by atoms with E-state index in [1.807, 2.05) is 0 Å². The zero-order valence-electron chi connectivity index (χ0n) is 16.2. The highest BCUT2D eigenvalue weighted by Crippen LogP contribution is 2.43. The molecule has 1 aliphatic rings. The van der Waals surface area contributed by atoms with Crippen molar-refractivity contribution in [1.82, 2.24) is 20.0 Å². The van der Waals surface area contributed by atoms with Crippen LogP contribution in [0.5, 0.6) is 0 Å². The first kappa shape index (κ1) is 21.0. The maximum absolute atomic E-state index is 4.84. The SMILES string of the molecule is CCNC(=NCC1(CC)CCC1)NCCc1cn2cccc(C)c2n1.I. The van der Waals surface area contributed by atoms with Gasteiger partial charge in [0.1, 0.15) is 5.65 Å². The molecule has 0 aliphatic heterocycles. The van der Waals surface area contributed by atoms with Crippen LogP contribution in [-0.2, 0) is 6.42 Å². The molecule has 0 amide bonds. The lowest BCUT2D eigenvalue weighted by atomic mass is 9.67. The molecule has 1 fully saturated rings. The summed E-state index contributed by atoms with van der Waals surface area (Å²) in [6.07, 6.45) is 10.3. The maximum atomic E-state index is 4.84. The van der Waals surface area contributed by atoms with E-state index in [-0.39, 0.29) is 24.0 Å². The Bertz CT molecular complexity index is 727. The summed E-state index contributed by atoms with van der Waals surface area (Å²) in [5.74, 6) is 0.933. The molecule has 144 valence electrons. The van der Waals surface area contributed by atoms with Gasteiger partial charge in [-0.2, -0.15) is 0 Å². The van der Waals surface area contributed by atoms with Crippen LogP contribution < -0.4 is 10.6 Å². The van der Waals surface area contributed by atoms with E-state index in [1.165, 1.54) is 31.2 Å². The van der Waals surface area contributed by atoms with Crippen molar-refractivity contribution in [2.24, 2.45) is 10.4 Å². The van der Waals surface area contributed by atoms with Crippen LogP contribution in [0.25, 0.3) is 5.65 Å². The van der Waals surface area contributed by atoms with Gasteiger partial charge in [0.15, 0.2) is 5.96 Å². The van der Waals surface area contributed by atoms with E-state index in [0.29, 0.717) is 5.41 Å². The average molecular weight is 469 g/mol. The number of imidazole rings is 1. The molecule has 5 nitrogen and oxygen atoms in total. The molecule has 26 heavy (non-hydrogen) atoms. The van der Waals surface area contributed by atoms with Crippen molar-refractivity contribution in [3.8, 4) is 0 Å². The predicted molar refractivity (Wildman–Crippen MR) is 120 cm³/mol. The van der Waals surface area contributed by atoms with Gasteiger partial charge in [-0.15, -0.1) is 24.0 Å². The molecule has 0 unspecified atom stereocenters. The number of rotatable bonds is 7. The maximum Gasteiger partial charge on any atom is 0.191 e. The van der Waals surface area contributed by atoms with E-state index in [9.17, 15) is 0 Å². The smallest absolute Gasteiger partial charge is 0.191 e. The molecule has 3 rings (SSSR count). The van der Waals surface area contributed by atoms with Gasteiger partial charge in [-0.05, 0) is 50.2 Å². The highest BCUT2D eigenvalue weighted by Gasteiger charge is 2.34. The van der Waals surface area contributed by atoms with Gasteiger partial charge >= 0.3 is 0 Å². The molecule has 0 atom stereocenters. The second kappa shape index (κ2) is 9.58. The molecule has 6 heteroatoms. The summed E-state index contributed by atoms with van der Waals surface area (Å²) in [6, 6.07) is 4.16. The fourth-order valence-corrected chi connectivity index (χ4v) is 3.52. The zero-order chi connectivity index (χ0) is 17.7. The summed E-state index contributed by atoms with van der Waals surface area (Å²) in [4.78, 5) is 9.57. The zero-order valence-corrected chi connectivity index (χ0v) is 18.5. The van der Waals surface area contributed by atoms with Gasteiger partial charge < -0.3 is 15.0 Å². The Balaban J connectivity index is 0.00000243. The van der Waals surface area contributed by atoms with Crippen LogP contribution in [0, 0.1) is 12.3 Å². The minimum Gasteiger partial charge on any atom is -0.357 e. The number of halogens is 1. The number of nitrogens with one attached hydrogen (secondary N) is 2. The monoisotopic (exact) mass is 469 g/mol. The molecule has 0 spiro atoms. The van der Waals surface area contributed by atoms with Crippen LogP contribution in [0.3, 0.4) is 0 Å². The molecule has 0 radical (unpaired) electrons. The highest BCUT2D eigenvalue weighted by atomic mass is 127. The molecule has 0 saturated heterocycles. The quantitative estimate of drug-likeness (QED) is 0.367. The van der Waals surface area contributed by atoms with Crippen molar-refractivity contribution in [2.45, 2.75) is 52.9 Å². The van der Waals surface area contributed by atoms with Gasteiger partial charge in [0.25, 0.3) is 0 Å². The first-order valence-electron chi connectivity index (χ1n) is 9.61. The number of aliphatic imine (C=N–C) groups is 1. The predicted octanol–water partition coefficient (Wildman–Crippen LogP) is 3.94. The fourth-order valence-electron chi connectivity index (χ4n) is 3.52. The van der Waals surface area contributed by atoms with Gasteiger partial charge in [0, 0.05) is 38.4 Å². The fraction of sp³-hybridized carbons (Fsp3) is 0.600. The highest BCUT2D eigenvalue weighted by molar-refractivity contribution is 14.0. The Kier molecular flexibility index (Phi) is 7.73. The van der Waals surface area contributed by atoms with Crippen LogP contribution in [0.2, 0.25) is 0 Å². The number of aromatic nitrogens is 2. The average Bonchev–Trinajstić information content (AvgIpc) is 2.98. The molecule has 2 aromatic heterocycles. The summed E-state index contributed by atoms with van der Waals surface area (Å²) in [5, 5.41) is 6.83. The van der Waals surface area contributed by atoms with Crippen molar-refractivity contribution in [3.63, 3.8) is 0 Å². The molecule has 0 aromatic carbocycles. The van der Waals surface area contributed by atoms with E-state index in [1.54, 1.807) is 0 Å². The van der Waals surface area contributed by atoms with E-state index in [2.05, 4.69) is 60.3 Å². The largest absolute Gasteiger partial charge is 0.357 e. The normalized spacial score (nSPS) is 16.0. The number of hydrogen-bond acceptors (Lipinski definition) is 2. The Morgan fingerprint density at radius 1 is 1.31 bits per heavy atom. The topological polar surface area (TPSA) is 53.7 Å². The number of aryl methyl sites for hydroxylation is 1. The molecule has 1 aliphatic carbocycles. The third-order valence-electron chi connectivity index (χ3n) is 5.48. The van der Waals surface area contributed by atoms with Crippen LogP contribution >= 0.6 is 24.0 Å². The third kappa shape index (κ3) is 4.90. The van der Waals surface area contributed by atoms with Crippen LogP contribution in [0.1, 0.15) is 50.8 Å².